The Hall–Kier alpha value is -2.40. The van der Waals surface area contributed by atoms with E-state index in [1.165, 1.54) is 12.1 Å². The second kappa shape index (κ2) is 7.66. The Bertz CT molecular complexity index is 732. The number of nitrogens with zero attached hydrogens (tertiary/aromatic N) is 1. The van der Waals surface area contributed by atoms with Crippen LogP contribution in [0, 0.1) is 5.82 Å². The van der Waals surface area contributed by atoms with Crippen molar-refractivity contribution in [3.05, 3.63) is 65.5 Å². The van der Waals surface area contributed by atoms with Crippen molar-refractivity contribution in [1.82, 2.24) is 4.90 Å². The normalized spacial score (nSPS) is 19.9. The van der Waals surface area contributed by atoms with E-state index in [1.807, 2.05) is 31.2 Å². The van der Waals surface area contributed by atoms with Gasteiger partial charge in [0.25, 0.3) is 0 Å². The van der Waals surface area contributed by atoms with Gasteiger partial charge in [0, 0.05) is 6.54 Å². The van der Waals surface area contributed by atoms with E-state index in [9.17, 15) is 14.3 Å². The summed E-state index contributed by atoms with van der Waals surface area (Å²) >= 11 is 0. The Morgan fingerprint density at radius 2 is 2.04 bits per heavy atom. The Labute approximate surface area is 146 Å². The van der Waals surface area contributed by atoms with E-state index in [0.29, 0.717) is 13.0 Å². The number of ether oxygens (including phenoxy) is 1. The molecule has 2 atom stereocenters. The molecule has 2 aromatic rings. The smallest absolute Gasteiger partial charge is 0.227 e. The third-order valence-electron chi connectivity index (χ3n) is 4.42. The molecule has 0 radical (unpaired) electrons. The van der Waals surface area contributed by atoms with Crippen molar-refractivity contribution in [2.24, 2.45) is 0 Å². The summed E-state index contributed by atoms with van der Waals surface area (Å²) in [5, 5.41) is 10.0. The molecule has 1 fully saturated rings. The van der Waals surface area contributed by atoms with Gasteiger partial charge in [-0.1, -0.05) is 24.3 Å². The fraction of sp³-hybridized carbons (Fsp3) is 0.350. The quantitative estimate of drug-likeness (QED) is 0.908. The molecule has 0 spiro atoms. The molecule has 0 saturated carbocycles. The Balaban J connectivity index is 1.73. The molecule has 1 aliphatic heterocycles. The van der Waals surface area contributed by atoms with Crippen LogP contribution in [0.2, 0.25) is 0 Å². The van der Waals surface area contributed by atoms with Crippen LogP contribution < -0.4 is 4.74 Å². The number of rotatable bonds is 5. The number of aliphatic hydroxyl groups is 1. The number of β-amino-alcohol motifs (C(OH)–C–C–N with tert-alkyl or cyclic N) is 1. The summed E-state index contributed by atoms with van der Waals surface area (Å²) in [6.45, 7) is 2.79. The zero-order valence-corrected chi connectivity index (χ0v) is 14.2. The Morgan fingerprint density at radius 3 is 2.72 bits per heavy atom. The third kappa shape index (κ3) is 4.17. The third-order valence-corrected chi connectivity index (χ3v) is 4.42. The van der Waals surface area contributed by atoms with Gasteiger partial charge in [-0.2, -0.15) is 0 Å². The van der Waals surface area contributed by atoms with Crippen molar-refractivity contribution in [2.45, 2.75) is 31.9 Å². The summed E-state index contributed by atoms with van der Waals surface area (Å²) < 4.78 is 18.9. The zero-order chi connectivity index (χ0) is 17.8. The molecule has 1 aliphatic rings. The van der Waals surface area contributed by atoms with Crippen molar-refractivity contribution in [1.29, 1.82) is 0 Å². The first-order valence-electron chi connectivity index (χ1n) is 8.51. The molecular formula is C20H22FNO3. The van der Waals surface area contributed by atoms with Crippen LogP contribution in [0.25, 0.3) is 0 Å². The number of hydrogen-bond donors (Lipinski definition) is 1. The summed E-state index contributed by atoms with van der Waals surface area (Å²) in [5.41, 5.74) is 1.60. The molecule has 0 unspecified atom stereocenters. The predicted molar refractivity (Wildman–Crippen MR) is 92.8 cm³/mol. The highest BCUT2D eigenvalue weighted by Crippen LogP contribution is 2.33. The van der Waals surface area contributed by atoms with Crippen molar-refractivity contribution < 1.29 is 19.0 Å². The van der Waals surface area contributed by atoms with Crippen molar-refractivity contribution in [3.63, 3.8) is 0 Å². The molecule has 1 N–H and O–H groups in total. The average Bonchev–Trinajstić information content (AvgIpc) is 2.99. The van der Waals surface area contributed by atoms with Crippen molar-refractivity contribution in [3.8, 4) is 5.75 Å². The van der Waals surface area contributed by atoms with Crippen molar-refractivity contribution >= 4 is 5.91 Å². The standard InChI is InChI=1S/C20H22FNO3/c1-2-25-18-8-6-14(7-9-18)10-20(24)22-13-17(23)12-19(22)15-4-3-5-16(21)11-15/h3-9,11,17,19,23H,2,10,12-13H2,1H3/t17-,19-/m0/s1. The maximum atomic E-state index is 13.5. The number of amides is 1. The monoisotopic (exact) mass is 343 g/mol. The number of benzene rings is 2. The van der Waals surface area contributed by atoms with Crippen LogP contribution in [-0.4, -0.2) is 35.2 Å². The minimum absolute atomic E-state index is 0.0741. The average molecular weight is 343 g/mol. The molecule has 0 aliphatic carbocycles. The van der Waals surface area contributed by atoms with Gasteiger partial charge < -0.3 is 14.7 Å². The number of aliphatic hydroxyl groups excluding tert-OH is 1. The van der Waals surface area contributed by atoms with E-state index in [2.05, 4.69) is 0 Å². The SMILES string of the molecule is CCOc1ccc(CC(=O)N2C[C@@H](O)C[C@H]2c2cccc(F)c2)cc1. The lowest BCUT2D eigenvalue weighted by molar-refractivity contribution is -0.131. The highest BCUT2D eigenvalue weighted by atomic mass is 19.1. The fourth-order valence-corrected chi connectivity index (χ4v) is 3.27. The first-order chi connectivity index (χ1) is 12.1. The minimum atomic E-state index is -0.586. The second-order valence-electron chi connectivity index (χ2n) is 6.26. The number of carbonyl (C=O) groups is 1. The summed E-state index contributed by atoms with van der Waals surface area (Å²) in [4.78, 5) is 14.4. The van der Waals surface area contributed by atoms with Crippen LogP contribution in [-0.2, 0) is 11.2 Å². The van der Waals surface area contributed by atoms with Crippen LogP contribution >= 0.6 is 0 Å². The molecular weight excluding hydrogens is 321 g/mol. The van der Waals surface area contributed by atoms with Gasteiger partial charge in [-0.05, 0) is 48.7 Å². The summed E-state index contributed by atoms with van der Waals surface area (Å²) in [6, 6.07) is 13.4. The molecule has 4 nitrogen and oxygen atoms in total. The van der Waals surface area contributed by atoms with Gasteiger partial charge in [0.2, 0.25) is 5.91 Å². The van der Waals surface area contributed by atoms with E-state index in [-0.39, 0.29) is 30.7 Å². The van der Waals surface area contributed by atoms with Gasteiger partial charge in [0.1, 0.15) is 11.6 Å². The van der Waals surface area contributed by atoms with E-state index in [4.69, 9.17) is 4.74 Å². The first kappa shape index (κ1) is 17.4. The van der Waals surface area contributed by atoms with Crippen LogP contribution in [0.5, 0.6) is 5.75 Å². The van der Waals surface area contributed by atoms with Crippen LogP contribution in [0.3, 0.4) is 0 Å². The molecule has 1 heterocycles. The van der Waals surface area contributed by atoms with Gasteiger partial charge in [0.05, 0.1) is 25.2 Å². The first-order valence-corrected chi connectivity index (χ1v) is 8.51. The molecule has 25 heavy (non-hydrogen) atoms. The van der Waals surface area contributed by atoms with Crippen molar-refractivity contribution in [2.75, 3.05) is 13.2 Å². The number of carbonyl (C=O) groups excluding carboxylic acids is 1. The van der Waals surface area contributed by atoms with Gasteiger partial charge in [-0.25, -0.2) is 4.39 Å². The molecule has 132 valence electrons. The van der Waals surface area contributed by atoms with Crippen LogP contribution in [0.1, 0.15) is 30.5 Å². The number of hydrogen-bond acceptors (Lipinski definition) is 3. The van der Waals surface area contributed by atoms with E-state index >= 15 is 0 Å². The minimum Gasteiger partial charge on any atom is -0.494 e. The van der Waals surface area contributed by atoms with Crippen LogP contribution in [0.15, 0.2) is 48.5 Å². The Kier molecular flexibility index (Phi) is 5.34. The van der Waals surface area contributed by atoms with E-state index < -0.39 is 6.10 Å². The van der Waals surface area contributed by atoms with Gasteiger partial charge in [-0.15, -0.1) is 0 Å². The summed E-state index contributed by atoms with van der Waals surface area (Å²) in [7, 11) is 0. The Morgan fingerprint density at radius 1 is 1.28 bits per heavy atom. The van der Waals surface area contributed by atoms with E-state index in [1.54, 1.807) is 17.0 Å². The highest BCUT2D eigenvalue weighted by molar-refractivity contribution is 5.79. The number of likely N-dealkylation sites (tertiary alicyclic amines) is 1. The molecule has 5 heteroatoms. The number of halogens is 1. The zero-order valence-electron chi connectivity index (χ0n) is 14.2. The largest absolute Gasteiger partial charge is 0.494 e. The predicted octanol–water partition coefficient (Wildman–Crippen LogP) is 3.10. The van der Waals surface area contributed by atoms with Gasteiger partial charge in [-0.3, -0.25) is 4.79 Å². The lowest BCUT2D eigenvalue weighted by Crippen LogP contribution is -2.33. The lowest BCUT2D eigenvalue weighted by Gasteiger charge is -2.25. The van der Waals surface area contributed by atoms with Crippen LogP contribution in [0.4, 0.5) is 4.39 Å². The molecule has 0 bridgehead atoms. The fourth-order valence-electron chi connectivity index (χ4n) is 3.27. The molecule has 3 rings (SSSR count). The van der Waals surface area contributed by atoms with Gasteiger partial charge >= 0.3 is 0 Å². The lowest BCUT2D eigenvalue weighted by atomic mass is 10.0. The highest BCUT2D eigenvalue weighted by Gasteiger charge is 2.35. The summed E-state index contributed by atoms with van der Waals surface area (Å²) in [6.07, 6.45) is 0.0844. The molecule has 0 aromatic heterocycles. The maximum absolute atomic E-state index is 13.5. The molecule has 2 aromatic carbocycles. The topological polar surface area (TPSA) is 49.8 Å². The van der Waals surface area contributed by atoms with E-state index in [0.717, 1.165) is 16.9 Å². The second-order valence-corrected chi connectivity index (χ2v) is 6.26. The van der Waals surface area contributed by atoms with Gasteiger partial charge in [0.15, 0.2) is 0 Å². The maximum Gasteiger partial charge on any atom is 0.227 e. The molecule has 1 amide bonds. The summed E-state index contributed by atoms with van der Waals surface area (Å²) in [5.74, 6) is 0.362. The molecule has 1 saturated heterocycles.